The van der Waals surface area contributed by atoms with Crippen molar-refractivity contribution in [2.24, 2.45) is 9.98 Å². The van der Waals surface area contributed by atoms with Crippen molar-refractivity contribution in [1.29, 1.82) is 0 Å². The van der Waals surface area contributed by atoms with E-state index in [1.165, 1.54) is 5.56 Å². The van der Waals surface area contributed by atoms with Crippen molar-refractivity contribution >= 4 is 12.6 Å². The number of hydrogen-bond acceptors (Lipinski definition) is 2. The van der Waals surface area contributed by atoms with Gasteiger partial charge in [0, 0.05) is 6.21 Å². The second-order valence-corrected chi connectivity index (χ2v) is 3.67. The first-order valence-corrected chi connectivity index (χ1v) is 4.36. The van der Waals surface area contributed by atoms with Gasteiger partial charge >= 0.3 is 0 Å². The lowest BCUT2D eigenvalue weighted by Gasteiger charge is -2.20. The largest absolute Gasteiger partial charge is 0.263 e. The highest BCUT2D eigenvalue weighted by Crippen LogP contribution is 2.27. The Morgan fingerprint density at radius 2 is 1.92 bits per heavy atom. The predicted octanol–water partition coefficient (Wildman–Crippen LogP) is 2.38. The van der Waals surface area contributed by atoms with E-state index in [0.717, 1.165) is 5.56 Å². The second-order valence-electron chi connectivity index (χ2n) is 3.67. The van der Waals surface area contributed by atoms with Crippen LogP contribution in [0.25, 0.3) is 0 Å². The maximum absolute atomic E-state index is 4.37. The fourth-order valence-electron chi connectivity index (χ4n) is 1.53. The van der Waals surface area contributed by atoms with E-state index in [0.29, 0.717) is 0 Å². The number of benzene rings is 1. The molecule has 0 saturated heterocycles. The van der Waals surface area contributed by atoms with Crippen LogP contribution in [0, 0.1) is 0 Å². The third-order valence-corrected chi connectivity index (χ3v) is 2.28. The van der Waals surface area contributed by atoms with Gasteiger partial charge in [0.25, 0.3) is 0 Å². The van der Waals surface area contributed by atoms with Gasteiger partial charge in [-0.3, -0.25) is 4.99 Å². The molecule has 2 rings (SSSR count). The first kappa shape index (κ1) is 8.17. The molecule has 1 aliphatic rings. The molecule has 0 aromatic heterocycles. The molecule has 13 heavy (non-hydrogen) atoms. The van der Waals surface area contributed by atoms with Gasteiger partial charge in [-0.15, -0.1) is 0 Å². The quantitative estimate of drug-likeness (QED) is 0.574. The summed E-state index contributed by atoms with van der Waals surface area (Å²) in [6.07, 6.45) is 3.48. The first-order chi connectivity index (χ1) is 6.20. The fourth-order valence-corrected chi connectivity index (χ4v) is 1.53. The molecule has 0 unspecified atom stereocenters. The van der Waals surface area contributed by atoms with Crippen molar-refractivity contribution < 1.29 is 0 Å². The summed E-state index contributed by atoms with van der Waals surface area (Å²) >= 11 is 0. The Hall–Kier alpha value is -1.44. The molecule has 0 amide bonds. The van der Waals surface area contributed by atoms with Crippen molar-refractivity contribution in [1.82, 2.24) is 0 Å². The maximum atomic E-state index is 4.37. The Labute approximate surface area is 78.0 Å². The molecule has 0 N–H and O–H groups in total. The van der Waals surface area contributed by atoms with E-state index in [1.807, 2.05) is 18.3 Å². The van der Waals surface area contributed by atoms with Gasteiger partial charge < -0.3 is 0 Å². The van der Waals surface area contributed by atoms with Gasteiger partial charge in [-0.05, 0) is 25.0 Å². The summed E-state index contributed by atoms with van der Waals surface area (Å²) in [6.45, 7) is 4.19. The summed E-state index contributed by atoms with van der Waals surface area (Å²) in [5, 5.41) is 0. The first-order valence-electron chi connectivity index (χ1n) is 4.36. The van der Waals surface area contributed by atoms with Gasteiger partial charge in [-0.25, -0.2) is 4.99 Å². The highest BCUT2D eigenvalue weighted by atomic mass is 14.9. The van der Waals surface area contributed by atoms with Crippen LogP contribution in [0.5, 0.6) is 0 Å². The second kappa shape index (κ2) is 2.80. The summed E-state index contributed by atoms with van der Waals surface area (Å²) in [6, 6.07) is 8.22. The highest BCUT2D eigenvalue weighted by Gasteiger charge is 2.21. The Morgan fingerprint density at radius 1 is 1.15 bits per heavy atom. The van der Waals surface area contributed by atoms with E-state index in [-0.39, 0.29) is 5.54 Å². The van der Waals surface area contributed by atoms with Crippen LogP contribution in [0.3, 0.4) is 0 Å². The number of hydrogen-bond donors (Lipinski definition) is 0. The van der Waals surface area contributed by atoms with Crippen molar-refractivity contribution in [3.8, 4) is 0 Å². The van der Waals surface area contributed by atoms with Crippen LogP contribution >= 0.6 is 0 Å². The van der Waals surface area contributed by atoms with Crippen LogP contribution in [0.2, 0.25) is 0 Å². The molecular weight excluding hydrogens is 160 g/mol. The summed E-state index contributed by atoms with van der Waals surface area (Å²) in [5.74, 6) is 0. The minimum Gasteiger partial charge on any atom is -0.263 e. The Kier molecular flexibility index (Phi) is 1.76. The van der Waals surface area contributed by atoms with Crippen molar-refractivity contribution in [3.63, 3.8) is 0 Å². The normalized spacial score (nSPS) is 18.0. The lowest BCUT2D eigenvalue weighted by molar-refractivity contribution is 0.561. The van der Waals surface area contributed by atoms with Gasteiger partial charge in [0.1, 0.15) is 6.34 Å². The zero-order valence-electron chi connectivity index (χ0n) is 7.86. The van der Waals surface area contributed by atoms with E-state index in [9.17, 15) is 0 Å². The zero-order chi connectivity index (χ0) is 9.31. The number of aliphatic imine (C=N–C) groups is 2. The molecule has 0 radical (unpaired) electrons. The van der Waals surface area contributed by atoms with Crippen LogP contribution in [-0.2, 0) is 5.54 Å². The van der Waals surface area contributed by atoms with E-state index in [1.54, 1.807) is 6.34 Å². The smallest absolute Gasteiger partial charge is 0.110 e. The zero-order valence-corrected chi connectivity index (χ0v) is 7.86. The molecule has 1 aromatic rings. The van der Waals surface area contributed by atoms with Crippen LogP contribution in [-0.4, -0.2) is 12.6 Å². The summed E-state index contributed by atoms with van der Waals surface area (Å²) in [7, 11) is 0. The number of fused-ring (bicyclic) bond motifs is 1. The molecule has 0 spiro atoms. The van der Waals surface area contributed by atoms with Crippen molar-refractivity contribution in [3.05, 3.63) is 35.4 Å². The van der Waals surface area contributed by atoms with Gasteiger partial charge in [-0.1, -0.05) is 24.3 Å². The standard InChI is InChI=1S/C11H12N2/c1-11(2)10-6-4-3-5-9(10)7-12-8-13-11/h3-8H,1-2H3. The minimum absolute atomic E-state index is 0.160. The maximum Gasteiger partial charge on any atom is 0.110 e. The lowest BCUT2D eigenvalue weighted by atomic mass is 9.91. The fraction of sp³-hybridized carbons (Fsp3) is 0.273. The topological polar surface area (TPSA) is 24.7 Å². The van der Waals surface area contributed by atoms with Gasteiger partial charge in [0.15, 0.2) is 0 Å². The van der Waals surface area contributed by atoms with E-state index >= 15 is 0 Å². The Morgan fingerprint density at radius 3 is 2.77 bits per heavy atom. The summed E-state index contributed by atoms with van der Waals surface area (Å²) < 4.78 is 0. The number of rotatable bonds is 0. The van der Waals surface area contributed by atoms with Crippen LogP contribution < -0.4 is 0 Å². The minimum atomic E-state index is -0.160. The van der Waals surface area contributed by atoms with Crippen molar-refractivity contribution in [2.75, 3.05) is 0 Å². The van der Waals surface area contributed by atoms with Crippen LogP contribution in [0.4, 0.5) is 0 Å². The highest BCUT2D eigenvalue weighted by molar-refractivity contribution is 5.89. The van der Waals surface area contributed by atoms with Crippen LogP contribution in [0.1, 0.15) is 25.0 Å². The molecule has 0 bridgehead atoms. The van der Waals surface area contributed by atoms with E-state index in [4.69, 9.17) is 0 Å². The lowest BCUT2D eigenvalue weighted by Crippen LogP contribution is -2.15. The molecule has 2 heteroatoms. The molecule has 1 heterocycles. The summed E-state index contributed by atoms with van der Waals surface area (Å²) in [5.41, 5.74) is 2.23. The SMILES string of the molecule is CC1(C)N=CN=Cc2ccccc21. The van der Waals surface area contributed by atoms with E-state index in [2.05, 4.69) is 36.0 Å². The predicted molar refractivity (Wildman–Crippen MR) is 55.6 cm³/mol. The van der Waals surface area contributed by atoms with Gasteiger partial charge in [-0.2, -0.15) is 0 Å². The van der Waals surface area contributed by atoms with Crippen LogP contribution in [0.15, 0.2) is 34.3 Å². The molecule has 0 atom stereocenters. The third-order valence-electron chi connectivity index (χ3n) is 2.28. The number of nitrogens with zero attached hydrogens (tertiary/aromatic N) is 2. The average molecular weight is 172 g/mol. The molecule has 1 aromatic carbocycles. The summed E-state index contributed by atoms with van der Waals surface area (Å²) in [4.78, 5) is 8.47. The molecule has 0 aliphatic carbocycles. The Bertz CT molecular complexity index is 375. The molecule has 0 fully saturated rings. The Balaban J connectivity index is 2.64. The van der Waals surface area contributed by atoms with Gasteiger partial charge in [0.05, 0.1) is 5.54 Å². The molecule has 66 valence electrons. The average Bonchev–Trinajstić information content (AvgIpc) is 2.26. The molecule has 0 saturated carbocycles. The molecule has 2 nitrogen and oxygen atoms in total. The third kappa shape index (κ3) is 1.39. The van der Waals surface area contributed by atoms with Crippen molar-refractivity contribution in [2.45, 2.75) is 19.4 Å². The monoisotopic (exact) mass is 172 g/mol. The molecular formula is C11H12N2. The molecule has 1 aliphatic heterocycles. The van der Waals surface area contributed by atoms with Gasteiger partial charge in [0.2, 0.25) is 0 Å². The van der Waals surface area contributed by atoms with E-state index < -0.39 is 0 Å².